The molecule has 0 fully saturated rings. The SMILES string of the molecule is COc1ccc(N)c(Nc2cc(F)c(Br)cc2C)c1. The number of nitrogen functional groups attached to an aromatic ring is 1. The van der Waals surface area contributed by atoms with E-state index < -0.39 is 0 Å². The number of aryl methyl sites for hydroxylation is 1. The fourth-order valence-electron chi connectivity index (χ4n) is 1.70. The molecule has 19 heavy (non-hydrogen) atoms. The monoisotopic (exact) mass is 324 g/mol. The first kappa shape index (κ1) is 13.7. The molecule has 5 heteroatoms. The summed E-state index contributed by atoms with van der Waals surface area (Å²) in [5.41, 5.74) is 8.73. The first-order valence-electron chi connectivity index (χ1n) is 5.67. The third kappa shape index (κ3) is 2.98. The zero-order chi connectivity index (χ0) is 14.0. The second kappa shape index (κ2) is 5.48. The number of hydrogen-bond donors (Lipinski definition) is 2. The number of anilines is 3. The van der Waals surface area contributed by atoms with E-state index in [1.54, 1.807) is 31.4 Å². The van der Waals surface area contributed by atoms with Crippen LogP contribution in [0.2, 0.25) is 0 Å². The summed E-state index contributed by atoms with van der Waals surface area (Å²) in [5, 5.41) is 3.12. The lowest BCUT2D eigenvalue weighted by atomic mass is 10.1. The van der Waals surface area contributed by atoms with Gasteiger partial charge in [0.05, 0.1) is 23.0 Å². The van der Waals surface area contributed by atoms with E-state index in [1.807, 2.05) is 6.92 Å². The van der Waals surface area contributed by atoms with Gasteiger partial charge in [0.15, 0.2) is 0 Å². The molecule has 0 amide bonds. The van der Waals surface area contributed by atoms with Gasteiger partial charge in [-0.15, -0.1) is 0 Å². The van der Waals surface area contributed by atoms with Crippen molar-refractivity contribution in [1.29, 1.82) is 0 Å². The maximum Gasteiger partial charge on any atom is 0.139 e. The molecule has 3 N–H and O–H groups in total. The van der Waals surface area contributed by atoms with Crippen molar-refractivity contribution in [3.63, 3.8) is 0 Å². The average Bonchev–Trinajstić information content (AvgIpc) is 2.38. The van der Waals surface area contributed by atoms with Crippen LogP contribution in [0.15, 0.2) is 34.8 Å². The highest BCUT2D eigenvalue weighted by molar-refractivity contribution is 9.10. The Morgan fingerprint density at radius 2 is 1.95 bits per heavy atom. The summed E-state index contributed by atoms with van der Waals surface area (Å²) in [4.78, 5) is 0. The molecule has 0 saturated carbocycles. The van der Waals surface area contributed by atoms with Crippen molar-refractivity contribution in [2.75, 3.05) is 18.2 Å². The quantitative estimate of drug-likeness (QED) is 0.830. The van der Waals surface area contributed by atoms with E-state index in [4.69, 9.17) is 10.5 Å². The molecule has 100 valence electrons. The minimum absolute atomic E-state index is 0.324. The van der Waals surface area contributed by atoms with Crippen LogP contribution in [0.3, 0.4) is 0 Å². The summed E-state index contributed by atoms with van der Waals surface area (Å²) in [6, 6.07) is 8.43. The second-order valence-electron chi connectivity index (χ2n) is 4.16. The molecule has 0 atom stereocenters. The average molecular weight is 325 g/mol. The van der Waals surface area contributed by atoms with Gasteiger partial charge in [0.1, 0.15) is 11.6 Å². The number of nitrogens with two attached hydrogens (primary N) is 1. The molecule has 0 saturated heterocycles. The summed E-state index contributed by atoms with van der Waals surface area (Å²) < 4.78 is 19.1. The Hall–Kier alpha value is -1.75. The molecule has 2 aromatic carbocycles. The van der Waals surface area contributed by atoms with Crippen LogP contribution in [-0.2, 0) is 0 Å². The van der Waals surface area contributed by atoms with E-state index in [1.165, 1.54) is 6.07 Å². The van der Waals surface area contributed by atoms with E-state index in [0.29, 0.717) is 27.3 Å². The van der Waals surface area contributed by atoms with E-state index in [9.17, 15) is 4.39 Å². The molecule has 0 bridgehead atoms. The second-order valence-corrected chi connectivity index (χ2v) is 5.01. The standard InChI is InChI=1S/C14H14BrFN2O/c1-8-5-10(15)11(16)7-13(8)18-14-6-9(19-2)3-4-12(14)17/h3-7,18H,17H2,1-2H3. The van der Waals surface area contributed by atoms with Gasteiger partial charge < -0.3 is 15.8 Å². The normalized spacial score (nSPS) is 10.3. The van der Waals surface area contributed by atoms with Crippen LogP contribution in [0.1, 0.15) is 5.56 Å². The van der Waals surface area contributed by atoms with E-state index in [2.05, 4.69) is 21.2 Å². The molecule has 0 radical (unpaired) electrons. The van der Waals surface area contributed by atoms with Gasteiger partial charge in [-0.1, -0.05) is 0 Å². The number of nitrogens with one attached hydrogen (secondary N) is 1. The van der Waals surface area contributed by atoms with Gasteiger partial charge in [0.25, 0.3) is 0 Å². The van der Waals surface area contributed by atoms with Crippen LogP contribution >= 0.6 is 15.9 Å². The molecule has 3 nitrogen and oxygen atoms in total. The number of hydrogen-bond acceptors (Lipinski definition) is 3. The fourth-order valence-corrected chi connectivity index (χ4v) is 2.15. The minimum atomic E-state index is -0.324. The lowest BCUT2D eigenvalue weighted by molar-refractivity contribution is 0.415. The molecule has 2 aromatic rings. The Morgan fingerprint density at radius 1 is 1.21 bits per heavy atom. The van der Waals surface area contributed by atoms with E-state index in [0.717, 1.165) is 5.56 Å². The highest BCUT2D eigenvalue weighted by Gasteiger charge is 2.08. The Balaban J connectivity index is 2.38. The van der Waals surface area contributed by atoms with Gasteiger partial charge in [0, 0.05) is 11.8 Å². The summed E-state index contributed by atoms with van der Waals surface area (Å²) in [7, 11) is 1.58. The lowest BCUT2D eigenvalue weighted by Crippen LogP contribution is -1.99. The molecule has 0 aliphatic carbocycles. The van der Waals surface area contributed by atoms with Crippen LogP contribution in [-0.4, -0.2) is 7.11 Å². The zero-order valence-corrected chi connectivity index (χ0v) is 12.2. The highest BCUT2D eigenvalue weighted by atomic mass is 79.9. The molecule has 0 aromatic heterocycles. The Labute approximate surface area is 119 Å². The van der Waals surface area contributed by atoms with Crippen molar-refractivity contribution < 1.29 is 9.13 Å². The zero-order valence-electron chi connectivity index (χ0n) is 10.6. The molecule has 0 aliphatic rings. The van der Waals surface area contributed by atoms with Gasteiger partial charge >= 0.3 is 0 Å². The number of halogens is 2. The van der Waals surface area contributed by atoms with Crippen molar-refractivity contribution in [3.8, 4) is 5.75 Å². The van der Waals surface area contributed by atoms with Gasteiger partial charge in [-0.3, -0.25) is 0 Å². The lowest BCUT2D eigenvalue weighted by Gasteiger charge is -2.13. The van der Waals surface area contributed by atoms with Crippen LogP contribution in [0.4, 0.5) is 21.5 Å². The number of rotatable bonds is 3. The van der Waals surface area contributed by atoms with Gasteiger partial charge in [-0.2, -0.15) is 0 Å². The Bertz CT molecular complexity index is 617. The summed E-state index contributed by atoms with van der Waals surface area (Å²) in [5.74, 6) is 0.363. The molecule has 0 aliphatic heterocycles. The summed E-state index contributed by atoms with van der Waals surface area (Å²) in [6.45, 7) is 1.89. The van der Waals surface area contributed by atoms with E-state index in [-0.39, 0.29) is 5.82 Å². The largest absolute Gasteiger partial charge is 0.497 e. The fraction of sp³-hybridized carbons (Fsp3) is 0.143. The molecule has 0 unspecified atom stereocenters. The van der Waals surface area contributed by atoms with Crippen molar-refractivity contribution in [2.24, 2.45) is 0 Å². The van der Waals surface area contributed by atoms with Crippen molar-refractivity contribution in [1.82, 2.24) is 0 Å². The van der Waals surface area contributed by atoms with Crippen LogP contribution in [0, 0.1) is 12.7 Å². The maximum absolute atomic E-state index is 13.6. The molecular weight excluding hydrogens is 311 g/mol. The van der Waals surface area contributed by atoms with Gasteiger partial charge in [-0.25, -0.2) is 4.39 Å². The van der Waals surface area contributed by atoms with E-state index >= 15 is 0 Å². The number of methoxy groups -OCH3 is 1. The van der Waals surface area contributed by atoms with Gasteiger partial charge in [0.2, 0.25) is 0 Å². The Kier molecular flexibility index (Phi) is 3.95. The molecule has 0 heterocycles. The first-order valence-corrected chi connectivity index (χ1v) is 6.46. The third-order valence-corrected chi connectivity index (χ3v) is 3.40. The molecular formula is C14H14BrFN2O. The van der Waals surface area contributed by atoms with Crippen molar-refractivity contribution in [2.45, 2.75) is 6.92 Å². The highest BCUT2D eigenvalue weighted by Crippen LogP contribution is 2.31. The molecule has 2 rings (SSSR count). The van der Waals surface area contributed by atoms with Crippen LogP contribution < -0.4 is 15.8 Å². The first-order chi connectivity index (χ1) is 9.01. The molecule has 0 spiro atoms. The van der Waals surface area contributed by atoms with Gasteiger partial charge in [-0.05, 0) is 52.7 Å². The maximum atomic E-state index is 13.6. The predicted molar refractivity (Wildman–Crippen MR) is 79.5 cm³/mol. The van der Waals surface area contributed by atoms with Crippen molar-refractivity contribution in [3.05, 3.63) is 46.2 Å². The smallest absolute Gasteiger partial charge is 0.139 e. The third-order valence-electron chi connectivity index (χ3n) is 2.80. The van der Waals surface area contributed by atoms with Crippen LogP contribution in [0.5, 0.6) is 5.75 Å². The summed E-state index contributed by atoms with van der Waals surface area (Å²) >= 11 is 3.16. The topological polar surface area (TPSA) is 47.3 Å². The number of benzene rings is 2. The number of ether oxygens (including phenoxy) is 1. The van der Waals surface area contributed by atoms with Crippen molar-refractivity contribution >= 4 is 33.0 Å². The predicted octanol–water partition coefficient (Wildman–Crippen LogP) is 4.23. The minimum Gasteiger partial charge on any atom is -0.497 e. The summed E-state index contributed by atoms with van der Waals surface area (Å²) in [6.07, 6.45) is 0. The van der Waals surface area contributed by atoms with Crippen LogP contribution in [0.25, 0.3) is 0 Å². The Morgan fingerprint density at radius 3 is 2.63 bits per heavy atom.